The summed E-state index contributed by atoms with van der Waals surface area (Å²) in [7, 11) is 3.96. The van der Waals surface area contributed by atoms with E-state index in [-0.39, 0.29) is 11.3 Å². The Bertz CT molecular complexity index is 1390. The molecule has 0 fully saturated rings. The number of hydrogen-bond acceptors (Lipinski definition) is 5. The molecule has 0 aliphatic carbocycles. The summed E-state index contributed by atoms with van der Waals surface area (Å²) in [4.78, 5) is 33.2. The number of carbonyl (C=O) groups is 1. The minimum atomic E-state index is -0.486. The fourth-order valence-electron chi connectivity index (χ4n) is 3.87. The van der Waals surface area contributed by atoms with Crippen LogP contribution in [0.3, 0.4) is 0 Å². The van der Waals surface area contributed by atoms with Gasteiger partial charge in [-0.05, 0) is 43.2 Å². The highest BCUT2D eigenvalue weighted by molar-refractivity contribution is 7.07. The van der Waals surface area contributed by atoms with E-state index in [1.165, 1.54) is 18.3 Å². The second-order valence-corrected chi connectivity index (χ2v) is 8.93. The number of anilines is 1. The van der Waals surface area contributed by atoms with Crippen molar-refractivity contribution in [3.63, 3.8) is 0 Å². The van der Waals surface area contributed by atoms with E-state index in [9.17, 15) is 9.59 Å². The third-order valence-corrected chi connectivity index (χ3v) is 6.46. The Hall–Kier alpha value is -3.51. The van der Waals surface area contributed by atoms with Gasteiger partial charge in [-0.3, -0.25) is 14.2 Å². The van der Waals surface area contributed by atoms with Gasteiger partial charge in [0.05, 0.1) is 10.6 Å². The van der Waals surface area contributed by atoms with Crippen molar-refractivity contribution in [1.29, 1.82) is 0 Å². The average Bonchev–Trinajstić information content (AvgIpc) is 3.08. The molecular formula is C26H25N3O2S. The van der Waals surface area contributed by atoms with Crippen molar-refractivity contribution in [3.05, 3.63) is 103 Å². The largest absolute Gasteiger partial charge is 0.378 e. The lowest BCUT2D eigenvalue weighted by atomic mass is 9.93. The molecule has 5 nitrogen and oxygen atoms in total. The lowest BCUT2D eigenvalue weighted by Gasteiger charge is -2.25. The zero-order valence-electron chi connectivity index (χ0n) is 18.6. The van der Waals surface area contributed by atoms with Gasteiger partial charge in [0.1, 0.15) is 0 Å². The summed E-state index contributed by atoms with van der Waals surface area (Å²) in [5.41, 5.74) is 4.08. The van der Waals surface area contributed by atoms with Gasteiger partial charge in [-0.25, -0.2) is 4.99 Å². The molecule has 162 valence electrons. The van der Waals surface area contributed by atoms with Gasteiger partial charge in [0, 0.05) is 31.1 Å². The maximum atomic E-state index is 13.4. The first-order chi connectivity index (χ1) is 15.4. The van der Waals surface area contributed by atoms with Crippen LogP contribution >= 0.6 is 11.3 Å². The molecule has 1 atom stereocenters. The maximum absolute atomic E-state index is 13.4. The molecule has 2 aromatic carbocycles. The molecule has 1 aliphatic rings. The first kappa shape index (κ1) is 21.7. The van der Waals surface area contributed by atoms with Gasteiger partial charge in [0.15, 0.2) is 10.6 Å². The normalized spacial score (nSPS) is 16.2. The van der Waals surface area contributed by atoms with Crippen LogP contribution in [0.2, 0.25) is 0 Å². The summed E-state index contributed by atoms with van der Waals surface area (Å²) in [6, 6.07) is 17.4. The van der Waals surface area contributed by atoms with E-state index >= 15 is 0 Å². The molecule has 1 aliphatic heterocycles. The number of carbonyl (C=O) groups excluding carboxylic acids is 1. The van der Waals surface area contributed by atoms with Crippen LogP contribution in [0.25, 0.3) is 12.2 Å². The summed E-state index contributed by atoms with van der Waals surface area (Å²) in [5, 5.41) is 0. The van der Waals surface area contributed by atoms with Gasteiger partial charge in [-0.1, -0.05) is 66.0 Å². The van der Waals surface area contributed by atoms with Crippen LogP contribution in [0, 0.1) is 0 Å². The molecule has 3 aromatic rings. The van der Waals surface area contributed by atoms with E-state index < -0.39 is 6.04 Å². The second-order valence-electron chi connectivity index (χ2n) is 7.92. The first-order valence-corrected chi connectivity index (χ1v) is 11.2. The lowest BCUT2D eigenvalue weighted by molar-refractivity contribution is -0.114. The minimum Gasteiger partial charge on any atom is -0.378 e. The molecule has 0 radical (unpaired) electrons. The fourth-order valence-corrected chi connectivity index (χ4v) is 4.86. The van der Waals surface area contributed by atoms with Crippen LogP contribution in [0.15, 0.2) is 81.7 Å². The number of nitrogens with zero attached hydrogens (tertiary/aromatic N) is 3. The van der Waals surface area contributed by atoms with Crippen LogP contribution in [0.4, 0.5) is 5.69 Å². The summed E-state index contributed by atoms with van der Waals surface area (Å²) < 4.78 is 2.24. The van der Waals surface area contributed by atoms with Gasteiger partial charge < -0.3 is 4.90 Å². The van der Waals surface area contributed by atoms with E-state index in [1.807, 2.05) is 98.7 Å². The van der Waals surface area contributed by atoms with Crippen molar-refractivity contribution in [1.82, 2.24) is 4.57 Å². The minimum absolute atomic E-state index is 0.0776. The highest BCUT2D eigenvalue weighted by atomic mass is 32.1. The predicted molar refractivity (Wildman–Crippen MR) is 132 cm³/mol. The Morgan fingerprint density at radius 2 is 1.78 bits per heavy atom. The molecule has 0 saturated carbocycles. The Labute approximate surface area is 191 Å². The van der Waals surface area contributed by atoms with Gasteiger partial charge in [-0.15, -0.1) is 0 Å². The number of benzene rings is 2. The smallest absolute Gasteiger partial charge is 0.271 e. The predicted octanol–water partition coefficient (Wildman–Crippen LogP) is 3.56. The Kier molecular flexibility index (Phi) is 6.06. The molecule has 6 heteroatoms. The standard InChI is InChI=1S/C26H25N3O2S/c1-17-23(18(2)30)24(20-13-15-21(16-14-20)28(3)4)29-25(31)22(32-26(29)27-17)12-8-11-19-9-6-5-7-10-19/h5-16,24H,1-4H3/b11-8+,22-12+/t24-/m1/s1. The van der Waals surface area contributed by atoms with Crippen LogP contribution in [-0.2, 0) is 4.79 Å². The van der Waals surface area contributed by atoms with E-state index in [0.29, 0.717) is 20.6 Å². The SMILES string of the molecule is CC(=O)C1=C(C)N=c2s/c(=C/C=C/c3ccccc3)c(=O)n2[C@@H]1c1ccc(N(C)C)cc1. The number of fused-ring (bicyclic) bond motifs is 1. The van der Waals surface area contributed by atoms with E-state index in [2.05, 4.69) is 4.99 Å². The molecule has 0 spiro atoms. The highest BCUT2D eigenvalue weighted by Crippen LogP contribution is 2.31. The molecule has 2 heterocycles. The molecule has 0 amide bonds. The summed E-state index contributed by atoms with van der Waals surface area (Å²) in [6.45, 7) is 3.37. The van der Waals surface area contributed by atoms with Crippen molar-refractivity contribution in [2.75, 3.05) is 19.0 Å². The van der Waals surface area contributed by atoms with Crippen LogP contribution < -0.4 is 19.8 Å². The average molecular weight is 444 g/mol. The van der Waals surface area contributed by atoms with Crippen molar-refractivity contribution in [2.45, 2.75) is 19.9 Å². The number of hydrogen-bond donors (Lipinski definition) is 0. The molecular weight excluding hydrogens is 418 g/mol. The molecule has 0 saturated heterocycles. The Morgan fingerprint density at radius 1 is 1.09 bits per heavy atom. The van der Waals surface area contributed by atoms with Crippen LogP contribution in [0.5, 0.6) is 0 Å². The molecule has 0 unspecified atom stereocenters. The number of rotatable bonds is 5. The first-order valence-electron chi connectivity index (χ1n) is 10.4. The summed E-state index contributed by atoms with van der Waals surface area (Å²) >= 11 is 1.34. The monoisotopic (exact) mass is 443 g/mol. The topological polar surface area (TPSA) is 54.7 Å². The molecule has 1 aromatic heterocycles. The second kappa shape index (κ2) is 8.93. The quantitative estimate of drug-likeness (QED) is 0.606. The maximum Gasteiger partial charge on any atom is 0.271 e. The molecule has 0 N–H and O–H groups in total. The van der Waals surface area contributed by atoms with Gasteiger partial charge in [-0.2, -0.15) is 0 Å². The zero-order valence-corrected chi connectivity index (χ0v) is 19.4. The number of thiazole rings is 1. The van der Waals surface area contributed by atoms with Crippen molar-refractivity contribution in [3.8, 4) is 0 Å². The van der Waals surface area contributed by atoms with Gasteiger partial charge >= 0.3 is 0 Å². The number of allylic oxidation sites excluding steroid dienone is 3. The fraction of sp³-hybridized carbons (Fsp3) is 0.192. The van der Waals surface area contributed by atoms with Crippen molar-refractivity contribution >= 4 is 35.0 Å². The third kappa shape index (κ3) is 4.14. The van der Waals surface area contributed by atoms with Crippen molar-refractivity contribution in [2.24, 2.45) is 4.99 Å². The summed E-state index contributed by atoms with van der Waals surface area (Å²) in [6.07, 6.45) is 5.65. The van der Waals surface area contributed by atoms with Crippen molar-refractivity contribution < 1.29 is 4.79 Å². The zero-order chi connectivity index (χ0) is 22.8. The highest BCUT2D eigenvalue weighted by Gasteiger charge is 2.30. The lowest BCUT2D eigenvalue weighted by Crippen LogP contribution is -2.39. The number of Topliss-reactive ketones (excluding diaryl/α,β-unsaturated/α-hetero) is 1. The van der Waals surface area contributed by atoms with Crippen LogP contribution in [-0.4, -0.2) is 24.4 Å². The number of aromatic nitrogens is 1. The Balaban J connectivity index is 1.84. The number of ketones is 1. The third-order valence-electron chi connectivity index (χ3n) is 5.46. The van der Waals surface area contributed by atoms with E-state index in [0.717, 1.165) is 16.8 Å². The van der Waals surface area contributed by atoms with E-state index in [4.69, 9.17) is 0 Å². The molecule has 0 bridgehead atoms. The Morgan fingerprint density at radius 3 is 2.41 bits per heavy atom. The van der Waals surface area contributed by atoms with Gasteiger partial charge in [0.2, 0.25) is 0 Å². The van der Waals surface area contributed by atoms with Crippen LogP contribution in [0.1, 0.15) is 31.0 Å². The van der Waals surface area contributed by atoms with E-state index in [1.54, 1.807) is 4.57 Å². The molecule has 32 heavy (non-hydrogen) atoms. The van der Waals surface area contributed by atoms with Gasteiger partial charge in [0.25, 0.3) is 5.56 Å². The summed E-state index contributed by atoms with van der Waals surface area (Å²) in [5.74, 6) is -0.0776. The molecule has 4 rings (SSSR count).